The molecule has 2 amide bonds. The molecule has 0 radical (unpaired) electrons. The van der Waals surface area contributed by atoms with Gasteiger partial charge in [-0.3, -0.25) is 19.6 Å². The van der Waals surface area contributed by atoms with Gasteiger partial charge in [-0.15, -0.1) is 0 Å². The third-order valence-electron chi connectivity index (χ3n) is 11.0. The molecule has 2 fully saturated rings. The number of nitrogens with zero attached hydrogens (tertiary/aromatic N) is 4. The Bertz CT molecular complexity index is 1990. The first-order valence-corrected chi connectivity index (χ1v) is 18.4. The molecule has 10 heteroatoms. The summed E-state index contributed by atoms with van der Waals surface area (Å²) in [6, 6.07) is 33.5. The first-order chi connectivity index (χ1) is 26.2. The van der Waals surface area contributed by atoms with Crippen LogP contribution in [0, 0.1) is 0 Å². The number of hydrogen-bond donors (Lipinski definition) is 4. The molecule has 2 saturated heterocycles. The average molecular weight is 723 g/mol. The van der Waals surface area contributed by atoms with Crippen molar-refractivity contribution >= 4 is 34.4 Å². The Morgan fingerprint density at radius 2 is 0.889 bits per heavy atom. The minimum Gasteiger partial charge on any atom is -0.391 e. The lowest BCUT2D eigenvalue weighted by Gasteiger charge is -2.27. The molecule has 0 aromatic heterocycles. The maximum absolute atomic E-state index is 13.3. The van der Waals surface area contributed by atoms with Crippen molar-refractivity contribution in [2.24, 2.45) is 9.98 Å². The van der Waals surface area contributed by atoms with Gasteiger partial charge in [0.15, 0.2) is 12.2 Å². The zero-order chi connectivity index (χ0) is 37.3. The Hall–Kier alpha value is -5.52. The van der Waals surface area contributed by atoms with E-state index in [1.165, 1.54) is 0 Å². The highest BCUT2D eigenvalue weighted by atomic mass is 16.3. The number of benzene rings is 4. The van der Waals surface area contributed by atoms with Crippen LogP contribution in [0.5, 0.6) is 0 Å². The summed E-state index contributed by atoms with van der Waals surface area (Å²) in [5.41, 5.74) is 8.85. The second kappa shape index (κ2) is 15.1. The minimum absolute atomic E-state index is 0.158. The van der Waals surface area contributed by atoms with Crippen molar-refractivity contribution in [3.8, 4) is 11.1 Å². The summed E-state index contributed by atoms with van der Waals surface area (Å²) in [6.45, 7) is 0.316. The van der Waals surface area contributed by atoms with Crippen LogP contribution in [0.1, 0.15) is 60.1 Å². The van der Waals surface area contributed by atoms with E-state index in [-0.39, 0.29) is 25.2 Å². The molecule has 54 heavy (non-hydrogen) atoms. The fraction of sp³-hybridized carbons (Fsp3) is 0.273. The summed E-state index contributed by atoms with van der Waals surface area (Å²) in [4.78, 5) is 39.1. The monoisotopic (exact) mass is 722 g/mol. The lowest BCUT2D eigenvalue weighted by Crippen LogP contribution is -2.42. The van der Waals surface area contributed by atoms with Crippen LogP contribution < -0.4 is 0 Å². The Balaban J connectivity index is 0.876. The van der Waals surface area contributed by atoms with Crippen LogP contribution >= 0.6 is 0 Å². The van der Waals surface area contributed by atoms with E-state index in [1.54, 1.807) is 58.3 Å². The second-order valence-corrected chi connectivity index (χ2v) is 14.5. The molecule has 0 saturated carbocycles. The Morgan fingerprint density at radius 1 is 0.537 bits per heavy atom. The fourth-order valence-electron chi connectivity index (χ4n) is 8.03. The first-order valence-electron chi connectivity index (χ1n) is 18.4. The lowest BCUT2D eigenvalue weighted by molar-refractivity contribution is -0.141. The maximum Gasteiger partial charge on any atom is 0.256 e. The number of hydrogen-bond acceptors (Lipinski definition) is 8. The molecule has 0 unspecified atom stereocenters. The fourth-order valence-corrected chi connectivity index (χ4v) is 8.03. The molecule has 10 nitrogen and oxygen atoms in total. The Labute approximate surface area is 313 Å². The van der Waals surface area contributed by atoms with Crippen LogP contribution in [0.4, 0.5) is 0 Å². The predicted molar refractivity (Wildman–Crippen MR) is 207 cm³/mol. The molecule has 4 aromatic rings. The molecule has 0 aliphatic carbocycles. The van der Waals surface area contributed by atoms with Gasteiger partial charge in [-0.2, -0.15) is 0 Å². The molecule has 274 valence electrons. The molecule has 4 aliphatic rings. The van der Waals surface area contributed by atoms with Crippen LogP contribution in [0.15, 0.2) is 132 Å². The van der Waals surface area contributed by atoms with E-state index < -0.39 is 36.2 Å². The maximum atomic E-state index is 13.3. The molecule has 0 spiro atoms. The number of carbonyl (C=O) groups is 2. The van der Waals surface area contributed by atoms with Crippen molar-refractivity contribution in [3.63, 3.8) is 0 Å². The van der Waals surface area contributed by atoms with Gasteiger partial charge in [0.1, 0.15) is 0 Å². The van der Waals surface area contributed by atoms with E-state index in [2.05, 4.69) is 58.5 Å². The van der Waals surface area contributed by atoms with Gasteiger partial charge in [0.2, 0.25) is 0 Å². The first kappa shape index (κ1) is 35.5. The summed E-state index contributed by atoms with van der Waals surface area (Å²) >= 11 is 0. The van der Waals surface area contributed by atoms with Crippen molar-refractivity contribution in [1.29, 1.82) is 0 Å². The third kappa shape index (κ3) is 7.09. The summed E-state index contributed by atoms with van der Waals surface area (Å²) < 4.78 is 0. The van der Waals surface area contributed by atoms with E-state index in [9.17, 15) is 30.0 Å². The van der Waals surface area contributed by atoms with Crippen LogP contribution in [0.2, 0.25) is 0 Å². The molecular weight excluding hydrogens is 681 g/mol. The zero-order valence-electron chi connectivity index (χ0n) is 29.6. The van der Waals surface area contributed by atoms with Gasteiger partial charge in [-0.1, -0.05) is 109 Å². The van der Waals surface area contributed by atoms with Gasteiger partial charge < -0.3 is 30.2 Å². The van der Waals surface area contributed by atoms with Gasteiger partial charge in [0.05, 0.1) is 24.3 Å². The van der Waals surface area contributed by atoms with E-state index >= 15 is 0 Å². The predicted octanol–water partition coefficient (Wildman–Crippen LogP) is 5.12. The molecule has 4 heterocycles. The summed E-state index contributed by atoms with van der Waals surface area (Å²) in [5, 5.41) is 42.6. The number of rotatable bonds is 9. The van der Waals surface area contributed by atoms with Crippen molar-refractivity contribution < 1.29 is 30.0 Å². The molecule has 4 N–H and O–H groups in total. The Morgan fingerprint density at radius 3 is 1.26 bits per heavy atom. The number of allylic oxidation sites excluding steroid dienone is 2. The number of aliphatic hydroxyl groups is 4. The molecule has 4 aliphatic heterocycles. The highest BCUT2D eigenvalue weighted by Crippen LogP contribution is 2.35. The standard InChI is InChI=1S/C44H42N4O6/c49-35-21-39(47(25-35)43(53)41(51)31-7-3-1-4-8-31)37-19-33(23-45-37)29-15-11-27(12-16-29)28-13-17-30(18-14-28)34-20-38(46-24-34)40-22-36(50)26-48(40)44(54)42(52)32-9-5-2-6-10-32/h1-18,23-24,35-36,39-42,49-52H,19-22,25-26H2/t35-,36-,39-,40-,41+,42+/m0/s1. The molecule has 6 atom stereocenters. The highest BCUT2D eigenvalue weighted by Gasteiger charge is 2.42. The normalized spacial score (nSPS) is 23.5. The number of β-amino-alcohol motifs (C(OH)–C–C–N with tert-alkyl or cyclic N) is 2. The van der Waals surface area contributed by atoms with Crippen LogP contribution in [-0.4, -0.2) is 90.8 Å². The number of likely N-dealkylation sites (tertiary alicyclic amines) is 2. The van der Waals surface area contributed by atoms with Crippen molar-refractivity contribution in [1.82, 2.24) is 9.80 Å². The van der Waals surface area contributed by atoms with Gasteiger partial charge in [0.25, 0.3) is 11.8 Å². The van der Waals surface area contributed by atoms with E-state index in [0.29, 0.717) is 36.8 Å². The van der Waals surface area contributed by atoms with Crippen molar-refractivity contribution in [3.05, 3.63) is 144 Å². The highest BCUT2D eigenvalue weighted by molar-refractivity contribution is 6.04. The number of aliphatic hydroxyl groups excluding tert-OH is 4. The van der Waals surface area contributed by atoms with Crippen molar-refractivity contribution in [2.75, 3.05) is 13.1 Å². The van der Waals surface area contributed by atoms with Gasteiger partial charge in [-0.25, -0.2) is 0 Å². The van der Waals surface area contributed by atoms with Crippen LogP contribution in [-0.2, 0) is 9.59 Å². The molecular formula is C44H42N4O6. The van der Waals surface area contributed by atoms with E-state index in [0.717, 1.165) is 44.8 Å². The number of amides is 2. The van der Waals surface area contributed by atoms with E-state index in [1.807, 2.05) is 24.5 Å². The second-order valence-electron chi connectivity index (χ2n) is 14.5. The minimum atomic E-state index is -1.30. The van der Waals surface area contributed by atoms with Crippen LogP contribution in [0.25, 0.3) is 22.3 Å². The van der Waals surface area contributed by atoms with Gasteiger partial charge in [0, 0.05) is 62.6 Å². The van der Waals surface area contributed by atoms with E-state index in [4.69, 9.17) is 0 Å². The van der Waals surface area contributed by atoms with Crippen molar-refractivity contribution in [2.45, 2.75) is 62.2 Å². The SMILES string of the molecule is O=C([C@H](O)c1ccccc1)N1C[C@@H](O)C[C@H]1C1=NC=C(c2ccc(-c3ccc(C4=CN=C([C@@H]5C[C@H](O)CN5C(=O)[C@H](O)c5ccccc5)C4)cc3)cc2)C1. The topological polar surface area (TPSA) is 146 Å². The lowest BCUT2D eigenvalue weighted by atomic mass is 9.94. The Kier molecular flexibility index (Phi) is 9.91. The van der Waals surface area contributed by atoms with Gasteiger partial charge >= 0.3 is 0 Å². The molecule has 4 aromatic carbocycles. The van der Waals surface area contributed by atoms with Crippen LogP contribution in [0.3, 0.4) is 0 Å². The molecule has 0 bridgehead atoms. The van der Waals surface area contributed by atoms with Gasteiger partial charge in [-0.05, 0) is 44.5 Å². The average Bonchev–Trinajstić information content (AvgIpc) is 4.04. The summed E-state index contributed by atoms with van der Waals surface area (Å²) in [6.07, 6.45) is 1.57. The number of aliphatic imine (C=N–C) groups is 2. The molecule has 8 rings (SSSR count). The number of carbonyl (C=O) groups excluding carboxylic acids is 2. The summed E-state index contributed by atoms with van der Waals surface area (Å²) in [7, 11) is 0. The smallest absolute Gasteiger partial charge is 0.256 e. The quantitative estimate of drug-likeness (QED) is 0.189. The largest absolute Gasteiger partial charge is 0.391 e. The summed E-state index contributed by atoms with van der Waals surface area (Å²) in [5.74, 6) is -0.864. The third-order valence-corrected chi connectivity index (χ3v) is 11.0. The zero-order valence-corrected chi connectivity index (χ0v) is 29.6.